The molecular weight excluding hydrogens is 300 g/mol. The third kappa shape index (κ3) is 3.29. The summed E-state index contributed by atoms with van der Waals surface area (Å²) < 4.78 is 6.59. The first kappa shape index (κ1) is 15.0. The quantitative estimate of drug-likeness (QED) is 0.784. The molecule has 0 spiro atoms. The Hall–Kier alpha value is -1.91. The van der Waals surface area contributed by atoms with Crippen molar-refractivity contribution in [2.45, 2.75) is 38.9 Å². The monoisotopic (exact) mass is 318 g/mol. The van der Waals surface area contributed by atoms with Crippen molar-refractivity contribution in [1.82, 2.24) is 14.7 Å². The van der Waals surface area contributed by atoms with Crippen LogP contribution in [-0.4, -0.2) is 27.3 Å². The molecule has 3 rings (SSSR count). The molecule has 2 aromatic rings. The second kappa shape index (κ2) is 6.46. The first-order valence-electron chi connectivity index (χ1n) is 7.42. The number of nitriles is 1. The normalized spacial score (nSPS) is 15.9. The van der Waals surface area contributed by atoms with Crippen LogP contribution in [0.1, 0.15) is 26.2 Å². The fourth-order valence-corrected chi connectivity index (χ4v) is 3.19. The van der Waals surface area contributed by atoms with E-state index < -0.39 is 5.76 Å². The highest BCUT2D eigenvalue weighted by Crippen LogP contribution is 2.35. The van der Waals surface area contributed by atoms with E-state index in [1.807, 2.05) is 17.5 Å². The predicted molar refractivity (Wildman–Crippen MR) is 83.2 cm³/mol. The van der Waals surface area contributed by atoms with Gasteiger partial charge in [-0.05, 0) is 37.1 Å². The summed E-state index contributed by atoms with van der Waals surface area (Å²) in [6.45, 7) is 3.16. The molecule has 1 aliphatic carbocycles. The van der Waals surface area contributed by atoms with Crippen molar-refractivity contribution in [2.24, 2.45) is 5.92 Å². The lowest BCUT2D eigenvalue weighted by molar-refractivity contribution is 0.137. The average Bonchev–Trinajstić information content (AvgIpc) is 3.09. The molecular formula is C15H18N4O2S. The summed E-state index contributed by atoms with van der Waals surface area (Å²) in [4.78, 5) is 15.0. The van der Waals surface area contributed by atoms with Gasteiger partial charge in [-0.3, -0.25) is 4.90 Å². The van der Waals surface area contributed by atoms with Crippen molar-refractivity contribution in [2.75, 3.05) is 6.54 Å². The first-order valence-corrected chi connectivity index (χ1v) is 8.30. The zero-order chi connectivity index (χ0) is 15.5. The van der Waals surface area contributed by atoms with Gasteiger partial charge in [0.25, 0.3) is 5.89 Å². The van der Waals surface area contributed by atoms with Crippen LogP contribution in [0.5, 0.6) is 0 Å². The Balaban J connectivity index is 1.77. The highest BCUT2D eigenvalue weighted by Gasteiger charge is 2.32. The maximum atomic E-state index is 12.0. The van der Waals surface area contributed by atoms with Gasteiger partial charge in [-0.2, -0.15) is 9.94 Å². The van der Waals surface area contributed by atoms with Gasteiger partial charge in [0.2, 0.25) is 0 Å². The Bertz CT molecular complexity index is 709. The highest BCUT2D eigenvalue weighted by atomic mass is 32.1. The lowest BCUT2D eigenvalue weighted by Gasteiger charge is -2.27. The molecule has 0 unspecified atom stereocenters. The number of nitrogens with zero attached hydrogens (tertiary/aromatic N) is 4. The van der Waals surface area contributed by atoms with Crippen molar-refractivity contribution in [3.05, 3.63) is 28.1 Å². The van der Waals surface area contributed by atoms with E-state index in [-0.39, 0.29) is 0 Å². The first-order chi connectivity index (χ1) is 10.7. The largest absolute Gasteiger partial charge is 0.438 e. The molecule has 1 aliphatic rings. The summed E-state index contributed by atoms with van der Waals surface area (Å²) in [7, 11) is 0. The second-order valence-corrected chi connectivity index (χ2v) is 6.54. The topological polar surface area (TPSA) is 75.1 Å². The summed E-state index contributed by atoms with van der Waals surface area (Å²) in [6.07, 6.45) is 2.89. The number of hydrogen-bond donors (Lipinski definition) is 0. The molecule has 2 heterocycles. The predicted octanol–water partition coefficient (Wildman–Crippen LogP) is 2.54. The molecule has 6 nitrogen and oxygen atoms in total. The van der Waals surface area contributed by atoms with Crippen molar-refractivity contribution in [1.29, 1.82) is 5.26 Å². The van der Waals surface area contributed by atoms with Crippen LogP contribution in [0.3, 0.4) is 0 Å². The van der Waals surface area contributed by atoms with Crippen molar-refractivity contribution in [3.63, 3.8) is 0 Å². The van der Waals surface area contributed by atoms with Crippen LogP contribution in [0.2, 0.25) is 0 Å². The molecule has 0 N–H and O–H groups in total. The summed E-state index contributed by atoms with van der Waals surface area (Å²) in [5, 5.41) is 15.0. The fourth-order valence-electron chi connectivity index (χ4n) is 2.54. The van der Waals surface area contributed by atoms with Gasteiger partial charge >= 0.3 is 5.76 Å². The van der Waals surface area contributed by atoms with Gasteiger partial charge in [-0.25, -0.2) is 4.79 Å². The lowest BCUT2D eigenvalue weighted by atomic mass is 10.2. The minimum absolute atomic E-state index is 0.349. The molecule has 7 heteroatoms. The van der Waals surface area contributed by atoms with Crippen LogP contribution in [0.25, 0.3) is 10.8 Å². The minimum atomic E-state index is -0.451. The summed E-state index contributed by atoms with van der Waals surface area (Å²) in [5.74, 6) is 0.575. The van der Waals surface area contributed by atoms with Crippen LogP contribution < -0.4 is 5.76 Å². The van der Waals surface area contributed by atoms with Gasteiger partial charge < -0.3 is 4.42 Å². The Labute approximate surface area is 132 Å². The van der Waals surface area contributed by atoms with Crippen LogP contribution in [0.4, 0.5) is 0 Å². The van der Waals surface area contributed by atoms with Gasteiger partial charge in [-0.15, -0.1) is 16.4 Å². The van der Waals surface area contributed by atoms with Crippen LogP contribution in [0.15, 0.2) is 26.7 Å². The van der Waals surface area contributed by atoms with Gasteiger partial charge in [0.05, 0.1) is 10.9 Å². The Morgan fingerprint density at radius 3 is 3.09 bits per heavy atom. The smallest absolute Gasteiger partial charge is 0.387 e. The van der Waals surface area contributed by atoms with Crippen molar-refractivity contribution >= 4 is 11.3 Å². The molecule has 116 valence electrons. The van der Waals surface area contributed by atoms with E-state index in [4.69, 9.17) is 9.68 Å². The highest BCUT2D eigenvalue weighted by molar-refractivity contribution is 7.13. The molecule has 1 fully saturated rings. The maximum Gasteiger partial charge on any atom is 0.438 e. The van der Waals surface area contributed by atoms with Gasteiger partial charge in [0.1, 0.15) is 6.67 Å². The summed E-state index contributed by atoms with van der Waals surface area (Å²) in [5.41, 5.74) is 0. The molecule has 0 aromatic carbocycles. The third-order valence-electron chi connectivity index (χ3n) is 4.04. The number of aromatic nitrogens is 2. The van der Waals surface area contributed by atoms with Gasteiger partial charge in [-0.1, -0.05) is 6.07 Å². The molecule has 0 aliphatic heterocycles. The van der Waals surface area contributed by atoms with Crippen molar-refractivity contribution in [3.8, 4) is 16.8 Å². The zero-order valence-corrected chi connectivity index (χ0v) is 13.3. The summed E-state index contributed by atoms with van der Waals surface area (Å²) >= 11 is 1.49. The van der Waals surface area contributed by atoms with Crippen LogP contribution in [0, 0.1) is 17.2 Å². The van der Waals surface area contributed by atoms with E-state index in [0.29, 0.717) is 37.5 Å². The van der Waals surface area contributed by atoms with Gasteiger partial charge in [0, 0.05) is 19.0 Å². The lowest BCUT2D eigenvalue weighted by Crippen LogP contribution is -2.39. The molecule has 1 atom stereocenters. The van der Waals surface area contributed by atoms with Crippen LogP contribution in [-0.2, 0) is 6.67 Å². The Morgan fingerprint density at radius 2 is 2.45 bits per heavy atom. The van der Waals surface area contributed by atoms with E-state index in [0.717, 1.165) is 4.88 Å². The molecule has 1 saturated carbocycles. The maximum absolute atomic E-state index is 12.0. The molecule has 22 heavy (non-hydrogen) atoms. The standard InChI is InChI=1S/C15H18N4O2S/c1-11(12-5-6-12)18(8-3-7-16)10-19-15(20)21-14(17-19)13-4-2-9-22-13/h2,4,9,11-12H,3,5-6,8,10H2,1H3/t11-/m1/s1. The van der Waals surface area contributed by atoms with E-state index in [9.17, 15) is 4.79 Å². The zero-order valence-electron chi connectivity index (χ0n) is 12.4. The van der Waals surface area contributed by atoms with Gasteiger partial charge in [0.15, 0.2) is 0 Å². The molecule has 0 amide bonds. The third-order valence-corrected chi connectivity index (χ3v) is 4.90. The molecule has 0 radical (unpaired) electrons. The number of hydrogen-bond acceptors (Lipinski definition) is 6. The molecule has 2 aromatic heterocycles. The number of thiophene rings is 1. The van der Waals surface area contributed by atoms with E-state index in [2.05, 4.69) is 23.0 Å². The Morgan fingerprint density at radius 1 is 1.64 bits per heavy atom. The van der Waals surface area contributed by atoms with Crippen molar-refractivity contribution < 1.29 is 4.42 Å². The Kier molecular flexibility index (Phi) is 4.41. The number of rotatable bonds is 7. The fraction of sp³-hybridized carbons (Fsp3) is 0.533. The summed E-state index contributed by atoms with van der Waals surface area (Å²) in [6, 6.07) is 6.29. The van der Waals surface area contributed by atoms with E-state index >= 15 is 0 Å². The van der Waals surface area contributed by atoms with E-state index in [1.54, 1.807) is 0 Å². The molecule has 0 bridgehead atoms. The molecule has 0 saturated heterocycles. The second-order valence-electron chi connectivity index (χ2n) is 5.59. The van der Waals surface area contributed by atoms with Crippen LogP contribution >= 0.6 is 11.3 Å². The SMILES string of the molecule is C[C@H](C1CC1)N(CCC#N)Cn1nc(-c2cccs2)oc1=O. The van der Waals surface area contributed by atoms with E-state index in [1.165, 1.54) is 28.9 Å². The average molecular weight is 318 g/mol. The minimum Gasteiger partial charge on any atom is -0.387 e.